The summed E-state index contributed by atoms with van der Waals surface area (Å²) in [5, 5.41) is 2.55. The third kappa shape index (κ3) is 3.53. The summed E-state index contributed by atoms with van der Waals surface area (Å²) in [6.07, 6.45) is 3.65. The maximum Gasteiger partial charge on any atom is 0.254 e. The molecule has 1 amide bonds. The van der Waals surface area contributed by atoms with Crippen molar-refractivity contribution in [3.05, 3.63) is 54.1 Å². The van der Waals surface area contributed by atoms with Gasteiger partial charge in [0.25, 0.3) is 5.91 Å². The van der Waals surface area contributed by atoms with Crippen LogP contribution in [0.4, 0.5) is 0 Å². The minimum Gasteiger partial charge on any atom is -0.348 e. The predicted molar refractivity (Wildman–Crippen MR) is 63.7 cm³/mol. The molecule has 1 rings (SSSR count). The number of rotatable bonds is 5. The van der Waals surface area contributed by atoms with Crippen molar-refractivity contribution in [3.63, 3.8) is 0 Å². The van der Waals surface area contributed by atoms with Crippen molar-refractivity contribution in [1.29, 1.82) is 0 Å². The maximum atomic E-state index is 11.5. The summed E-state index contributed by atoms with van der Waals surface area (Å²) >= 11 is 0. The van der Waals surface area contributed by atoms with Gasteiger partial charge in [0, 0.05) is 6.54 Å². The van der Waals surface area contributed by atoms with E-state index in [2.05, 4.69) is 11.9 Å². The Bertz CT molecular complexity index is 407. The molecule has 82 valence electrons. The zero-order valence-corrected chi connectivity index (χ0v) is 8.85. The highest BCUT2D eigenvalue weighted by molar-refractivity contribution is 6.14. The van der Waals surface area contributed by atoms with Crippen LogP contribution in [-0.4, -0.2) is 18.7 Å². The van der Waals surface area contributed by atoms with Crippen molar-refractivity contribution in [2.75, 3.05) is 6.54 Å². The van der Waals surface area contributed by atoms with Crippen molar-refractivity contribution >= 4 is 18.3 Å². The Morgan fingerprint density at radius 2 is 2.00 bits per heavy atom. The zero-order chi connectivity index (χ0) is 11.8. The number of nitrogens with one attached hydrogen (secondary N) is 1. The standard InChI is InChI=1S/C13H13NO2/c1-2-8-14-13(16)12(10-15)9-11-6-4-3-5-7-11/h2-7,9-10H,1,8H2,(H,14,16). The molecule has 0 aliphatic rings. The molecule has 1 N–H and O–H groups in total. The van der Waals surface area contributed by atoms with E-state index in [9.17, 15) is 9.59 Å². The fraction of sp³-hybridized carbons (Fsp3) is 0.0769. The highest BCUT2D eigenvalue weighted by Gasteiger charge is 2.06. The van der Waals surface area contributed by atoms with Gasteiger partial charge in [0.15, 0.2) is 6.29 Å². The third-order valence-corrected chi connectivity index (χ3v) is 1.92. The average molecular weight is 215 g/mol. The van der Waals surface area contributed by atoms with Crippen LogP contribution < -0.4 is 5.32 Å². The fourth-order valence-corrected chi connectivity index (χ4v) is 1.15. The molecular weight excluding hydrogens is 202 g/mol. The number of amides is 1. The Morgan fingerprint density at radius 3 is 2.56 bits per heavy atom. The molecule has 0 radical (unpaired) electrons. The van der Waals surface area contributed by atoms with E-state index in [-0.39, 0.29) is 5.57 Å². The van der Waals surface area contributed by atoms with Crippen LogP contribution in [0.15, 0.2) is 48.6 Å². The first kappa shape index (κ1) is 11.9. The zero-order valence-electron chi connectivity index (χ0n) is 8.85. The van der Waals surface area contributed by atoms with Gasteiger partial charge in [0.1, 0.15) is 0 Å². The SMILES string of the molecule is C=CCNC(=O)C(C=O)=Cc1ccccc1. The second kappa shape index (κ2) is 6.35. The van der Waals surface area contributed by atoms with Gasteiger partial charge in [-0.2, -0.15) is 0 Å². The number of benzene rings is 1. The fourth-order valence-electron chi connectivity index (χ4n) is 1.15. The summed E-state index contributed by atoms with van der Waals surface area (Å²) < 4.78 is 0. The maximum absolute atomic E-state index is 11.5. The second-order valence-electron chi connectivity index (χ2n) is 3.13. The van der Waals surface area contributed by atoms with Gasteiger partial charge >= 0.3 is 0 Å². The van der Waals surface area contributed by atoms with Gasteiger partial charge in [-0.05, 0) is 11.6 Å². The molecular formula is C13H13NO2. The molecule has 0 saturated heterocycles. The van der Waals surface area contributed by atoms with Crippen LogP contribution in [0.25, 0.3) is 6.08 Å². The number of carbonyl (C=O) groups is 2. The molecule has 0 saturated carbocycles. The lowest BCUT2D eigenvalue weighted by atomic mass is 10.1. The third-order valence-electron chi connectivity index (χ3n) is 1.92. The van der Waals surface area contributed by atoms with Crippen LogP contribution in [-0.2, 0) is 9.59 Å². The molecule has 3 heteroatoms. The Balaban J connectivity index is 2.81. The monoisotopic (exact) mass is 215 g/mol. The summed E-state index contributed by atoms with van der Waals surface area (Å²) in [6.45, 7) is 3.83. The minimum absolute atomic E-state index is 0.105. The normalized spacial score (nSPS) is 10.6. The predicted octanol–water partition coefficient (Wildman–Crippen LogP) is 1.57. The smallest absolute Gasteiger partial charge is 0.254 e. The number of aldehydes is 1. The Labute approximate surface area is 94.5 Å². The molecule has 0 unspecified atom stereocenters. The van der Waals surface area contributed by atoms with Crippen molar-refractivity contribution in [3.8, 4) is 0 Å². The average Bonchev–Trinajstić information content (AvgIpc) is 2.34. The number of hydrogen-bond acceptors (Lipinski definition) is 2. The Hall–Kier alpha value is -2.16. The van der Waals surface area contributed by atoms with E-state index in [0.717, 1.165) is 5.56 Å². The Morgan fingerprint density at radius 1 is 1.31 bits per heavy atom. The van der Waals surface area contributed by atoms with Crippen molar-refractivity contribution < 1.29 is 9.59 Å². The van der Waals surface area contributed by atoms with Crippen molar-refractivity contribution in [2.45, 2.75) is 0 Å². The quantitative estimate of drug-likeness (QED) is 0.266. The molecule has 16 heavy (non-hydrogen) atoms. The van der Waals surface area contributed by atoms with Gasteiger partial charge in [-0.15, -0.1) is 6.58 Å². The summed E-state index contributed by atoms with van der Waals surface area (Å²) in [4.78, 5) is 22.2. The first-order valence-corrected chi connectivity index (χ1v) is 4.89. The minimum atomic E-state index is -0.390. The van der Waals surface area contributed by atoms with Crippen LogP contribution in [0, 0.1) is 0 Å². The number of hydrogen-bond donors (Lipinski definition) is 1. The van der Waals surface area contributed by atoms with Gasteiger partial charge in [0.05, 0.1) is 5.57 Å². The van der Waals surface area contributed by atoms with Crippen LogP contribution in [0.1, 0.15) is 5.56 Å². The lowest BCUT2D eigenvalue weighted by Crippen LogP contribution is -2.25. The van der Waals surface area contributed by atoms with Gasteiger partial charge < -0.3 is 5.32 Å². The van der Waals surface area contributed by atoms with E-state index in [1.54, 1.807) is 12.2 Å². The van der Waals surface area contributed by atoms with Crippen LogP contribution >= 0.6 is 0 Å². The molecule has 0 fully saturated rings. The summed E-state index contributed by atoms with van der Waals surface area (Å²) in [7, 11) is 0. The molecule has 0 spiro atoms. The molecule has 1 aromatic carbocycles. The summed E-state index contributed by atoms with van der Waals surface area (Å²) in [5.74, 6) is -0.390. The lowest BCUT2D eigenvalue weighted by Gasteiger charge is -2.01. The molecule has 0 aliphatic heterocycles. The van der Waals surface area contributed by atoms with Crippen LogP contribution in [0.5, 0.6) is 0 Å². The summed E-state index contributed by atoms with van der Waals surface area (Å²) in [5.41, 5.74) is 0.923. The van der Waals surface area contributed by atoms with Crippen LogP contribution in [0.3, 0.4) is 0 Å². The van der Waals surface area contributed by atoms with E-state index in [4.69, 9.17) is 0 Å². The topological polar surface area (TPSA) is 46.2 Å². The summed E-state index contributed by atoms with van der Waals surface area (Å²) in [6, 6.07) is 9.20. The first-order chi connectivity index (χ1) is 7.77. The van der Waals surface area contributed by atoms with E-state index in [1.165, 1.54) is 0 Å². The molecule has 0 bridgehead atoms. The largest absolute Gasteiger partial charge is 0.348 e. The molecule has 1 aromatic rings. The van der Waals surface area contributed by atoms with Crippen LogP contribution in [0.2, 0.25) is 0 Å². The van der Waals surface area contributed by atoms with E-state index >= 15 is 0 Å². The number of carbonyl (C=O) groups excluding carboxylic acids is 2. The first-order valence-electron chi connectivity index (χ1n) is 4.89. The lowest BCUT2D eigenvalue weighted by molar-refractivity contribution is -0.119. The van der Waals surface area contributed by atoms with E-state index in [0.29, 0.717) is 12.8 Å². The Kier molecular flexibility index (Phi) is 4.73. The van der Waals surface area contributed by atoms with E-state index < -0.39 is 5.91 Å². The molecule has 3 nitrogen and oxygen atoms in total. The molecule has 0 aliphatic carbocycles. The van der Waals surface area contributed by atoms with Crippen molar-refractivity contribution in [1.82, 2.24) is 5.32 Å². The van der Waals surface area contributed by atoms with Gasteiger partial charge in [-0.3, -0.25) is 9.59 Å². The molecule has 0 heterocycles. The van der Waals surface area contributed by atoms with Gasteiger partial charge in [0.2, 0.25) is 0 Å². The highest BCUT2D eigenvalue weighted by atomic mass is 16.2. The molecule has 0 aromatic heterocycles. The second-order valence-corrected chi connectivity index (χ2v) is 3.13. The van der Waals surface area contributed by atoms with Crippen molar-refractivity contribution in [2.24, 2.45) is 0 Å². The van der Waals surface area contributed by atoms with Gasteiger partial charge in [-0.25, -0.2) is 0 Å². The molecule has 0 atom stereocenters. The van der Waals surface area contributed by atoms with Gasteiger partial charge in [-0.1, -0.05) is 36.4 Å². The van der Waals surface area contributed by atoms with E-state index in [1.807, 2.05) is 30.3 Å². The highest BCUT2D eigenvalue weighted by Crippen LogP contribution is 2.04.